The lowest BCUT2D eigenvalue weighted by Crippen LogP contribution is -2.40. The van der Waals surface area contributed by atoms with Gasteiger partial charge in [-0.1, -0.05) is 23.7 Å². The second kappa shape index (κ2) is 10.5. The summed E-state index contributed by atoms with van der Waals surface area (Å²) < 4.78 is 30.8. The van der Waals surface area contributed by atoms with E-state index in [0.29, 0.717) is 17.3 Å². The molecule has 2 rings (SSSR count). The number of rotatable bonds is 10. The number of halogens is 1. The van der Waals surface area contributed by atoms with Gasteiger partial charge in [0.05, 0.1) is 18.0 Å². The van der Waals surface area contributed by atoms with Crippen molar-refractivity contribution >= 4 is 33.2 Å². The minimum atomic E-state index is -3.59. The predicted octanol–water partition coefficient (Wildman–Crippen LogP) is 3.64. The maximum absolute atomic E-state index is 12.2. The summed E-state index contributed by atoms with van der Waals surface area (Å²) in [6.45, 7) is 4.14. The number of ether oxygens (including phenoxy) is 1. The Morgan fingerprint density at radius 2 is 1.72 bits per heavy atom. The first kappa shape index (κ1) is 23.0. The van der Waals surface area contributed by atoms with Crippen LogP contribution in [0.2, 0.25) is 5.02 Å². The van der Waals surface area contributed by atoms with Crippen LogP contribution in [0.4, 0.5) is 5.69 Å². The Balaban J connectivity index is 1.82. The number of amides is 1. The lowest BCUT2D eigenvalue weighted by atomic mass is 10.1. The monoisotopic (exact) mass is 438 g/mol. The van der Waals surface area contributed by atoms with E-state index in [9.17, 15) is 13.2 Å². The summed E-state index contributed by atoms with van der Waals surface area (Å²) in [5.74, 6) is 0.478. The molecular weight excluding hydrogens is 412 g/mol. The quantitative estimate of drug-likeness (QED) is 0.574. The van der Waals surface area contributed by atoms with Gasteiger partial charge in [0, 0.05) is 11.6 Å². The number of benzene rings is 2. The van der Waals surface area contributed by atoms with E-state index in [1.165, 1.54) is 0 Å². The molecule has 0 aliphatic carbocycles. The number of nitrogens with one attached hydrogen (secondary N) is 1. The molecule has 29 heavy (non-hydrogen) atoms. The third-order valence-corrected chi connectivity index (χ3v) is 5.45. The molecule has 1 amide bonds. The molecule has 0 aliphatic rings. The van der Waals surface area contributed by atoms with Crippen LogP contribution in [-0.2, 0) is 21.2 Å². The van der Waals surface area contributed by atoms with Gasteiger partial charge in [-0.15, -0.1) is 0 Å². The number of hydrogen-bond acceptors (Lipinski definition) is 4. The first-order chi connectivity index (χ1) is 13.6. The van der Waals surface area contributed by atoms with Crippen LogP contribution in [0.5, 0.6) is 5.75 Å². The maximum atomic E-state index is 12.2. The number of aryl methyl sites for hydroxylation is 1. The van der Waals surface area contributed by atoms with Crippen molar-refractivity contribution in [3.05, 3.63) is 59.1 Å². The Kier molecular flexibility index (Phi) is 8.34. The molecule has 2 aromatic rings. The summed E-state index contributed by atoms with van der Waals surface area (Å²) in [5, 5.41) is 3.27. The van der Waals surface area contributed by atoms with Crippen molar-refractivity contribution in [1.82, 2.24) is 5.32 Å². The van der Waals surface area contributed by atoms with Crippen LogP contribution >= 0.6 is 11.6 Å². The zero-order chi connectivity index (χ0) is 21.4. The van der Waals surface area contributed by atoms with Gasteiger partial charge in [-0.2, -0.15) is 0 Å². The Bertz CT molecular complexity index is 897. The molecular formula is C21H27ClN2O4S. The number of carbonyl (C=O) groups excluding carboxylic acids is 1. The normalized spacial score (nSPS) is 11.3. The lowest BCUT2D eigenvalue weighted by molar-refractivity contribution is -0.119. The van der Waals surface area contributed by atoms with Crippen molar-refractivity contribution in [3.8, 4) is 5.75 Å². The molecule has 2 aromatic carbocycles. The Morgan fingerprint density at radius 1 is 1.10 bits per heavy atom. The minimum absolute atomic E-state index is 0.135. The maximum Gasteiger partial charge on any atom is 0.240 e. The second-order valence-corrected chi connectivity index (χ2v) is 9.35. The van der Waals surface area contributed by atoms with E-state index in [1.807, 2.05) is 38.1 Å². The molecule has 0 unspecified atom stereocenters. The average molecular weight is 439 g/mol. The number of carbonyl (C=O) groups is 1. The molecule has 0 aromatic heterocycles. The van der Waals surface area contributed by atoms with E-state index >= 15 is 0 Å². The van der Waals surface area contributed by atoms with Crippen molar-refractivity contribution in [1.29, 1.82) is 0 Å². The summed E-state index contributed by atoms with van der Waals surface area (Å²) in [5.41, 5.74) is 1.55. The van der Waals surface area contributed by atoms with E-state index in [0.717, 1.165) is 34.7 Å². The zero-order valence-corrected chi connectivity index (χ0v) is 18.5. The largest absolute Gasteiger partial charge is 0.491 e. The van der Waals surface area contributed by atoms with Gasteiger partial charge in [0.2, 0.25) is 15.9 Å². The van der Waals surface area contributed by atoms with Gasteiger partial charge in [0.25, 0.3) is 0 Å². The number of anilines is 1. The van der Waals surface area contributed by atoms with Crippen LogP contribution in [0.25, 0.3) is 0 Å². The van der Waals surface area contributed by atoms with Crippen molar-refractivity contribution in [3.63, 3.8) is 0 Å². The molecule has 0 fully saturated rings. The van der Waals surface area contributed by atoms with Gasteiger partial charge >= 0.3 is 0 Å². The highest BCUT2D eigenvalue weighted by molar-refractivity contribution is 7.92. The van der Waals surface area contributed by atoms with Crippen molar-refractivity contribution < 1.29 is 17.9 Å². The molecule has 0 atom stereocenters. The molecule has 1 N–H and O–H groups in total. The smallest absolute Gasteiger partial charge is 0.240 e. The predicted molar refractivity (Wildman–Crippen MR) is 117 cm³/mol. The molecule has 0 spiro atoms. The summed E-state index contributed by atoms with van der Waals surface area (Å²) in [6.07, 6.45) is 2.75. The van der Waals surface area contributed by atoms with Crippen LogP contribution in [0.1, 0.15) is 25.8 Å². The standard InChI is InChI=1S/C21H27ClN2O4S/c1-16(2)28-20-12-6-17(7-13-20)5-4-14-23-21(25)15-24(29(3,26)27)19-10-8-18(22)9-11-19/h6-13,16H,4-5,14-15H2,1-3H3,(H,23,25). The highest BCUT2D eigenvalue weighted by atomic mass is 35.5. The van der Waals surface area contributed by atoms with E-state index in [2.05, 4.69) is 5.32 Å². The third-order valence-electron chi connectivity index (χ3n) is 4.06. The van der Waals surface area contributed by atoms with Crippen LogP contribution in [0.15, 0.2) is 48.5 Å². The van der Waals surface area contributed by atoms with E-state index < -0.39 is 10.0 Å². The van der Waals surface area contributed by atoms with Gasteiger partial charge in [-0.25, -0.2) is 8.42 Å². The van der Waals surface area contributed by atoms with Crippen molar-refractivity contribution in [2.45, 2.75) is 32.8 Å². The van der Waals surface area contributed by atoms with Gasteiger partial charge in [-0.3, -0.25) is 9.10 Å². The molecule has 0 radical (unpaired) electrons. The van der Waals surface area contributed by atoms with Gasteiger partial charge < -0.3 is 10.1 Å². The summed E-state index contributed by atoms with van der Waals surface area (Å²) in [4.78, 5) is 12.2. The van der Waals surface area contributed by atoms with E-state index in [4.69, 9.17) is 16.3 Å². The molecule has 0 saturated carbocycles. The van der Waals surface area contributed by atoms with Crippen molar-refractivity contribution in [2.24, 2.45) is 0 Å². The number of hydrogen-bond donors (Lipinski definition) is 1. The molecule has 8 heteroatoms. The van der Waals surface area contributed by atoms with Gasteiger partial charge in [0.15, 0.2) is 0 Å². The van der Waals surface area contributed by atoms with Crippen LogP contribution in [-0.4, -0.2) is 39.8 Å². The summed E-state index contributed by atoms with van der Waals surface area (Å²) in [6, 6.07) is 14.2. The Labute approximate surface area is 177 Å². The van der Waals surface area contributed by atoms with Gasteiger partial charge in [-0.05, 0) is 68.7 Å². The Morgan fingerprint density at radius 3 is 2.28 bits per heavy atom. The van der Waals surface area contributed by atoms with Crippen LogP contribution in [0, 0.1) is 0 Å². The average Bonchev–Trinajstić information content (AvgIpc) is 2.64. The lowest BCUT2D eigenvalue weighted by Gasteiger charge is -2.22. The topological polar surface area (TPSA) is 75.7 Å². The van der Waals surface area contributed by atoms with Crippen LogP contribution in [0.3, 0.4) is 0 Å². The molecule has 0 bridgehead atoms. The highest BCUT2D eigenvalue weighted by Crippen LogP contribution is 2.20. The second-order valence-electron chi connectivity index (χ2n) is 7.01. The first-order valence-electron chi connectivity index (χ1n) is 9.41. The van der Waals surface area contributed by atoms with Gasteiger partial charge in [0.1, 0.15) is 12.3 Å². The number of sulfonamides is 1. The molecule has 6 nitrogen and oxygen atoms in total. The molecule has 158 valence electrons. The highest BCUT2D eigenvalue weighted by Gasteiger charge is 2.20. The minimum Gasteiger partial charge on any atom is -0.491 e. The number of nitrogens with zero attached hydrogens (tertiary/aromatic N) is 1. The summed E-state index contributed by atoms with van der Waals surface area (Å²) in [7, 11) is -3.59. The zero-order valence-electron chi connectivity index (χ0n) is 16.9. The van der Waals surface area contributed by atoms with E-state index in [1.54, 1.807) is 24.3 Å². The molecule has 0 aliphatic heterocycles. The first-order valence-corrected chi connectivity index (χ1v) is 11.6. The SMILES string of the molecule is CC(C)Oc1ccc(CCCNC(=O)CN(c2ccc(Cl)cc2)S(C)(=O)=O)cc1. The Hall–Kier alpha value is -2.25. The third kappa shape index (κ3) is 7.95. The fourth-order valence-corrected chi connectivity index (χ4v) is 3.70. The van der Waals surface area contributed by atoms with Crippen molar-refractivity contribution in [2.75, 3.05) is 23.7 Å². The van der Waals surface area contributed by atoms with Crippen LogP contribution < -0.4 is 14.4 Å². The van der Waals surface area contributed by atoms with E-state index in [-0.39, 0.29) is 18.6 Å². The molecule has 0 saturated heterocycles. The molecule has 0 heterocycles. The fourth-order valence-electron chi connectivity index (χ4n) is 2.72. The fraction of sp³-hybridized carbons (Fsp3) is 0.381. The summed E-state index contributed by atoms with van der Waals surface area (Å²) >= 11 is 5.85.